The Morgan fingerprint density at radius 2 is 1.62 bits per heavy atom. The molecule has 0 aliphatic carbocycles. The Labute approximate surface area is 122 Å². The lowest BCUT2D eigenvalue weighted by molar-refractivity contribution is -0.138. The van der Waals surface area contributed by atoms with E-state index in [2.05, 4.69) is 0 Å². The molecule has 2 aromatic carbocycles. The fourth-order valence-corrected chi connectivity index (χ4v) is 2.34. The maximum atomic E-state index is 14.0. The van der Waals surface area contributed by atoms with Gasteiger partial charge in [-0.2, -0.15) is 0 Å². The maximum Gasteiger partial charge on any atom is 0.304 e. The van der Waals surface area contributed by atoms with Crippen molar-refractivity contribution in [1.82, 2.24) is 0 Å². The third-order valence-corrected chi connectivity index (χ3v) is 3.47. The van der Waals surface area contributed by atoms with Crippen molar-refractivity contribution < 1.29 is 18.7 Å². The first-order chi connectivity index (χ1) is 9.79. The molecule has 2 aromatic rings. The Morgan fingerprint density at radius 1 is 1.05 bits per heavy atom. The average Bonchev–Trinajstić information content (AvgIpc) is 2.38. The number of halogens is 2. The molecule has 0 heterocycles. The van der Waals surface area contributed by atoms with E-state index in [-0.39, 0.29) is 12.2 Å². The van der Waals surface area contributed by atoms with Gasteiger partial charge < -0.3 is 5.11 Å². The van der Waals surface area contributed by atoms with Gasteiger partial charge in [-0.15, -0.1) is 0 Å². The molecule has 0 radical (unpaired) electrons. The third kappa shape index (κ3) is 3.45. The number of carbonyl (C=O) groups is 1. The summed E-state index contributed by atoms with van der Waals surface area (Å²) in [6, 6.07) is 10.4. The van der Waals surface area contributed by atoms with Crippen LogP contribution in [-0.2, 0) is 10.2 Å². The van der Waals surface area contributed by atoms with Gasteiger partial charge in [-0.05, 0) is 41.0 Å². The van der Waals surface area contributed by atoms with Gasteiger partial charge in [0.25, 0.3) is 0 Å². The normalized spacial score (nSPS) is 11.4. The van der Waals surface area contributed by atoms with Crippen LogP contribution in [0, 0.1) is 11.6 Å². The lowest BCUT2D eigenvalue weighted by atomic mass is 9.80. The van der Waals surface area contributed by atoms with Crippen LogP contribution in [-0.4, -0.2) is 11.1 Å². The second-order valence-electron chi connectivity index (χ2n) is 5.66. The van der Waals surface area contributed by atoms with Crippen molar-refractivity contribution in [2.75, 3.05) is 0 Å². The number of hydrogen-bond donors (Lipinski definition) is 1. The summed E-state index contributed by atoms with van der Waals surface area (Å²) in [5, 5.41) is 8.95. The average molecular weight is 290 g/mol. The van der Waals surface area contributed by atoms with E-state index in [9.17, 15) is 13.6 Å². The maximum absolute atomic E-state index is 14.0. The smallest absolute Gasteiger partial charge is 0.304 e. The summed E-state index contributed by atoms with van der Waals surface area (Å²) in [5.41, 5.74) is 0.992. The highest BCUT2D eigenvalue weighted by Crippen LogP contribution is 2.32. The second-order valence-corrected chi connectivity index (χ2v) is 5.66. The molecule has 4 heteroatoms. The fraction of sp³-hybridized carbons (Fsp3) is 0.235. The Hall–Kier alpha value is -2.23. The van der Waals surface area contributed by atoms with Gasteiger partial charge in [0.15, 0.2) is 0 Å². The molecular formula is C17H16F2O2. The molecule has 2 nitrogen and oxygen atoms in total. The molecule has 0 unspecified atom stereocenters. The summed E-state index contributed by atoms with van der Waals surface area (Å²) in [5.74, 6) is -1.76. The highest BCUT2D eigenvalue weighted by Gasteiger charge is 2.27. The van der Waals surface area contributed by atoms with Crippen LogP contribution in [0.2, 0.25) is 0 Å². The van der Waals surface area contributed by atoms with Gasteiger partial charge in [0.2, 0.25) is 0 Å². The molecule has 0 spiro atoms. The SMILES string of the molecule is CC(C)(CC(=O)O)c1cc(-c2ccc(F)cc2)ccc1F. The largest absolute Gasteiger partial charge is 0.481 e. The van der Waals surface area contributed by atoms with Crippen molar-refractivity contribution in [3.63, 3.8) is 0 Å². The van der Waals surface area contributed by atoms with Crippen molar-refractivity contribution in [2.45, 2.75) is 25.7 Å². The van der Waals surface area contributed by atoms with Crippen molar-refractivity contribution in [1.29, 1.82) is 0 Å². The molecule has 2 rings (SSSR count). The fourth-order valence-electron chi connectivity index (χ4n) is 2.34. The van der Waals surface area contributed by atoms with Crippen LogP contribution in [0.25, 0.3) is 11.1 Å². The number of carboxylic acid groups (broad SMARTS) is 1. The van der Waals surface area contributed by atoms with Gasteiger partial charge >= 0.3 is 5.97 Å². The van der Waals surface area contributed by atoms with Gasteiger partial charge in [-0.1, -0.05) is 32.0 Å². The van der Waals surface area contributed by atoms with E-state index in [4.69, 9.17) is 5.11 Å². The predicted molar refractivity (Wildman–Crippen MR) is 77.1 cm³/mol. The first-order valence-corrected chi connectivity index (χ1v) is 6.57. The van der Waals surface area contributed by atoms with Gasteiger partial charge in [0.1, 0.15) is 11.6 Å². The van der Waals surface area contributed by atoms with Crippen LogP contribution in [0.4, 0.5) is 8.78 Å². The molecular weight excluding hydrogens is 274 g/mol. The monoisotopic (exact) mass is 290 g/mol. The predicted octanol–water partition coefficient (Wildman–Crippen LogP) is 4.38. The van der Waals surface area contributed by atoms with Crippen molar-refractivity contribution >= 4 is 5.97 Å². The summed E-state index contributed by atoms with van der Waals surface area (Å²) in [7, 11) is 0. The Bertz CT molecular complexity index is 661. The summed E-state index contributed by atoms with van der Waals surface area (Å²) >= 11 is 0. The third-order valence-electron chi connectivity index (χ3n) is 3.47. The van der Waals surface area contributed by atoms with E-state index >= 15 is 0 Å². The second kappa shape index (κ2) is 5.64. The summed E-state index contributed by atoms with van der Waals surface area (Å²) in [4.78, 5) is 10.9. The van der Waals surface area contributed by atoms with Crippen molar-refractivity contribution in [3.8, 4) is 11.1 Å². The summed E-state index contributed by atoms with van der Waals surface area (Å²) in [6.45, 7) is 3.38. The topological polar surface area (TPSA) is 37.3 Å². The van der Waals surface area contributed by atoms with E-state index in [0.717, 1.165) is 11.1 Å². The van der Waals surface area contributed by atoms with Gasteiger partial charge in [0.05, 0.1) is 6.42 Å². The lowest BCUT2D eigenvalue weighted by Crippen LogP contribution is -2.23. The summed E-state index contributed by atoms with van der Waals surface area (Å²) in [6.07, 6.45) is -0.170. The van der Waals surface area contributed by atoms with Crippen LogP contribution in [0.15, 0.2) is 42.5 Å². The molecule has 110 valence electrons. The number of benzene rings is 2. The quantitative estimate of drug-likeness (QED) is 0.907. The molecule has 21 heavy (non-hydrogen) atoms. The molecule has 1 N–H and O–H groups in total. The summed E-state index contributed by atoms with van der Waals surface area (Å²) < 4.78 is 27.0. The molecule has 0 fully saturated rings. The molecule has 0 saturated carbocycles. The van der Waals surface area contributed by atoms with E-state index in [1.165, 1.54) is 18.2 Å². The van der Waals surface area contributed by atoms with E-state index in [1.54, 1.807) is 38.1 Å². The van der Waals surface area contributed by atoms with Gasteiger partial charge in [0, 0.05) is 5.41 Å². The van der Waals surface area contributed by atoms with Crippen LogP contribution in [0.3, 0.4) is 0 Å². The first kappa shape index (κ1) is 15.2. The van der Waals surface area contributed by atoms with Gasteiger partial charge in [-0.3, -0.25) is 4.79 Å². The highest BCUT2D eigenvalue weighted by molar-refractivity contribution is 5.70. The zero-order chi connectivity index (χ0) is 15.6. The molecule has 0 atom stereocenters. The molecule has 0 saturated heterocycles. The Balaban J connectivity index is 2.46. The number of hydrogen-bond acceptors (Lipinski definition) is 1. The molecule has 0 aliphatic rings. The van der Waals surface area contributed by atoms with Crippen LogP contribution < -0.4 is 0 Å². The van der Waals surface area contributed by atoms with Gasteiger partial charge in [-0.25, -0.2) is 8.78 Å². The van der Waals surface area contributed by atoms with Crippen LogP contribution >= 0.6 is 0 Å². The number of rotatable bonds is 4. The first-order valence-electron chi connectivity index (χ1n) is 6.57. The van der Waals surface area contributed by atoms with Crippen molar-refractivity contribution in [2.24, 2.45) is 0 Å². The minimum Gasteiger partial charge on any atom is -0.481 e. The highest BCUT2D eigenvalue weighted by atomic mass is 19.1. The lowest BCUT2D eigenvalue weighted by Gasteiger charge is -2.24. The molecule has 0 aliphatic heterocycles. The minimum atomic E-state index is -0.980. The number of aliphatic carboxylic acids is 1. The van der Waals surface area contributed by atoms with E-state index in [1.807, 2.05) is 0 Å². The van der Waals surface area contributed by atoms with E-state index < -0.39 is 17.2 Å². The number of carboxylic acids is 1. The van der Waals surface area contributed by atoms with Crippen molar-refractivity contribution in [3.05, 3.63) is 59.7 Å². The zero-order valence-electron chi connectivity index (χ0n) is 11.9. The minimum absolute atomic E-state index is 0.170. The Morgan fingerprint density at radius 3 is 2.19 bits per heavy atom. The standard InChI is InChI=1S/C17H16F2O2/c1-17(2,10-16(20)21)14-9-12(5-8-15(14)19)11-3-6-13(18)7-4-11/h3-9H,10H2,1-2H3,(H,20,21). The molecule has 0 bridgehead atoms. The van der Waals surface area contributed by atoms with Crippen LogP contribution in [0.5, 0.6) is 0 Å². The molecule has 0 amide bonds. The Kier molecular flexibility index (Phi) is 4.07. The zero-order valence-corrected chi connectivity index (χ0v) is 11.9. The van der Waals surface area contributed by atoms with Crippen LogP contribution in [0.1, 0.15) is 25.8 Å². The molecule has 0 aromatic heterocycles. The van der Waals surface area contributed by atoms with E-state index in [0.29, 0.717) is 5.56 Å².